The summed E-state index contributed by atoms with van der Waals surface area (Å²) in [5, 5.41) is 12.0. The van der Waals surface area contributed by atoms with Crippen LogP contribution in [0, 0.1) is 11.3 Å². The van der Waals surface area contributed by atoms with E-state index < -0.39 is 0 Å². The summed E-state index contributed by atoms with van der Waals surface area (Å²) in [4.78, 5) is 11.8. The highest BCUT2D eigenvalue weighted by atomic mass is 16.5. The molecule has 1 heterocycles. The number of hydrogen-bond donors (Lipinski definition) is 1. The van der Waals surface area contributed by atoms with E-state index in [-0.39, 0.29) is 35.9 Å². The minimum Gasteiger partial charge on any atom is -0.469 e. The van der Waals surface area contributed by atoms with E-state index in [2.05, 4.69) is 0 Å². The number of carbonyl (C=O) groups excluding carboxylic acids is 1. The fourth-order valence-corrected chi connectivity index (χ4v) is 4.16. The van der Waals surface area contributed by atoms with Crippen LogP contribution < -0.4 is 0 Å². The number of nitrogens with zero attached hydrogens (tertiary/aromatic N) is 1. The molecule has 3 rings (SSSR count). The summed E-state index contributed by atoms with van der Waals surface area (Å²) in [6, 6.07) is 9.97. The third kappa shape index (κ3) is 3.78. The second kappa shape index (κ2) is 7.68. The average molecular weight is 345 g/mol. The summed E-state index contributed by atoms with van der Waals surface area (Å²) in [5.41, 5.74) is 1.06. The Kier molecular flexibility index (Phi) is 5.57. The standard InChI is InChI=1S/C20H27NO4/c1-3-7-16(12-18(22)24-2)19-20(10-11-20)17(13-21(19)23)25-14-15-8-5-4-6-9-15/h3-9,16-17,19,23H,10-14H2,1-2H3/b7-3+/t16-,17-,19?/m0/s1. The van der Waals surface area contributed by atoms with Crippen LogP contribution in [0.1, 0.15) is 31.7 Å². The van der Waals surface area contributed by atoms with Crippen molar-refractivity contribution in [2.45, 2.75) is 44.9 Å². The molecule has 5 heteroatoms. The zero-order valence-electron chi connectivity index (χ0n) is 14.9. The normalized spacial score (nSPS) is 26.2. The van der Waals surface area contributed by atoms with Crippen LogP contribution in [-0.2, 0) is 20.9 Å². The highest BCUT2D eigenvalue weighted by Gasteiger charge is 2.64. The van der Waals surface area contributed by atoms with Crippen molar-refractivity contribution >= 4 is 5.97 Å². The van der Waals surface area contributed by atoms with Crippen LogP contribution >= 0.6 is 0 Å². The molecule has 1 saturated carbocycles. The molecule has 136 valence electrons. The van der Waals surface area contributed by atoms with Gasteiger partial charge in [0.1, 0.15) is 0 Å². The Labute approximate surface area is 149 Å². The number of hydroxylamine groups is 2. The van der Waals surface area contributed by atoms with Gasteiger partial charge in [-0.2, -0.15) is 5.06 Å². The van der Waals surface area contributed by atoms with Gasteiger partial charge in [-0.15, -0.1) is 0 Å². The molecule has 25 heavy (non-hydrogen) atoms. The highest BCUT2D eigenvalue weighted by Crippen LogP contribution is 2.60. The van der Waals surface area contributed by atoms with Crippen molar-refractivity contribution < 1.29 is 19.5 Å². The summed E-state index contributed by atoms with van der Waals surface area (Å²) in [6.07, 6.45) is 6.23. The molecule has 5 nitrogen and oxygen atoms in total. The largest absolute Gasteiger partial charge is 0.469 e. The molecule has 1 aromatic rings. The molecular formula is C20H27NO4. The molecule has 1 aliphatic carbocycles. The fraction of sp³-hybridized carbons (Fsp3) is 0.550. The Bertz CT molecular complexity index is 611. The Morgan fingerprint density at radius 2 is 2.12 bits per heavy atom. The predicted molar refractivity (Wildman–Crippen MR) is 93.9 cm³/mol. The van der Waals surface area contributed by atoms with Gasteiger partial charge in [0.05, 0.1) is 38.8 Å². The van der Waals surface area contributed by atoms with E-state index in [1.165, 1.54) is 12.2 Å². The lowest BCUT2D eigenvalue weighted by Gasteiger charge is -2.30. The third-order valence-corrected chi connectivity index (χ3v) is 5.50. The average Bonchev–Trinajstić information content (AvgIpc) is 3.35. The first-order valence-electron chi connectivity index (χ1n) is 8.91. The van der Waals surface area contributed by atoms with Crippen LogP contribution in [0.25, 0.3) is 0 Å². The summed E-state index contributed by atoms with van der Waals surface area (Å²) in [5.74, 6) is -0.323. The predicted octanol–water partition coefficient (Wildman–Crippen LogP) is 3.18. The van der Waals surface area contributed by atoms with Crippen LogP contribution in [0.15, 0.2) is 42.5 Å². The Morgan fingerprint density at radius 1 is 1.40 bits per heavy atom. The second-order valence-corrected chi connectivity index (χ2v) is 7.06. The number of rotatable bonds is 7. The molecule has 1 spiro atoms. The Balaban J connectivity index is 1.71. The summed E-state index contributed by atoms with van der Waals surface area (Å²) in [6.45, 7) is 2.95. The molecule has 0 radical (unpaired) electrons. The number of benzene rings is 1. The number of carbonyl (C=O) groups is 1. The van der Waals surface area contributed by atoms with Crippen molar-refractivity contribution in [3.8, 4) is 0 Å². The first-order valence-corrected chi connectivity index (χ1v) is 8.91. The molecule has 0 aromatic heterocycles. The van der Waals surface area contributed by atoms with Gasteiger partial charge in [0.2, 0.25) is 0 Å². The number of ether oxygens (including phenoxy) is 2. The van der Waals surface area contributed by atoms with Crippen molar-refractivity contribution in [2.24, 2.45) is 11.3 Å². The van der Waals surface area contributed by atoms with Gasteiger partial charge in [-0.25, -0.2) is 0 Å². The van der Waals surface area contributed by atoms with Crippen LogP contribution in [-0.4, -0.2) is 42.0 Å². The van der Waals surface area contributed by atoms with Crippen LogP contribution in [0.2, 0.25) is 0 Å². The van der Waals surface area contributed by atoms with E-state index in [1.54, 1.807) is 0 Å². The minimum absolute atomic E-state index is 0.0203. The molecule has 1 aromatic carbocycles. The Hall–Kier alpha value is -1.69. The maximum atomic E-state index is 11.8. The van der Waals surface area contributed by atoms with E-state index >= 15 is 0 Å². The molecule has 1 N–H and O–H groups in total. The van der Waals surface area contributed by atoms with Gasteiger partial charge in [0.15, 0.2) is 0 Å². The quantitative estimate of drug-likeness (QED) is 0.607. The van der Waals surface area contributed by atoms with E-state index in [9.17, 15) is 10.0 Å². The second-order valence-electron chi connectivity index (χ2n) is 7.06. The van der Waals surface area contributed by atoms with Gasteiger partial charge in [0.25, 0.3) is 0 Å². The number of methoxy groups -OCH3 is 1. The van der Waals surface area contributed by atoms with E-state index in [0.717, 1.165) is 18.4 Å². The summed E-state index contributed by atoms with van der Waals surface area (Å²) in [7, 11) is 1.40. The van der Waals surface area contributed by atoms with Crippen LogP contribution in [0.3, 0.4) is 0 Å². The smallest absolute Gasteiger partial charge is 0.306 e. The molecule has 0 amide bonds. The minimum atomic E-state index is -0.249. The molecule has 1 saturated heterocycles. The van der Waals surface area contributed by atoms with E-state index in [1.807, 2.05) is 49.4 Å². The van der Waals surface area contributed by atoms with Gasteiger partial charge < -0.3 is 14.7 Å². The molecule has 2 fully saturated rings. The van der Waals surface area contributed by atoms with Gasteiger partial charge in [-0.3, -0.25) is 4.79 Å². The van der Waals surface area contributed by atoms with Gasteiger partial charge in [0, 0.05) is 11.3 Å². The van der Waals surface area contributed by atoms with Crippen molar-refractivity contribution in [3.63, 3.8) is 0 Å². The Morgan fingerprint density at radius 3 is 2.72 bits per heavy atom. The SMILES string of the molecule is C/C=C/[C@@H](CC(=O)OC)C1N(O)C[C@H](OCc2ccccc2)C12CC2. The monoisotopic (exact) mass is 345 g/mol. The molecule has 0 bridgehead atoms. The highest BCUT2D eigenvalue weighted by molar-refractivity contribution is 5.70. The molecular weight excluding hydrogens is 318 g/mol. The lowest BCUT2D eigenvalue weighted by molar-refractivity contribution is -0.146. The number of esters is 1. The number of allylic oxidation sites excluding steroid dienone is 1. The fourth-order valence-electron chi connectivity index (χ4n) is 4.16. The maximum Gasteiger partial charge on any atom is 0.306 e. The summed E-state index contributed by atoms with van der Waals surface area (Å²) < 4.78 is 11.0. The third-order valence-electron chi connectivity index (χ3n) is 5.50. The van der Waals surface area contributed by atoms with Crippen molar-refractivity contribution in [3.05, 3.63) is 48.0 Å². The van der Waals surface area contributed by atoms with E-state index in [4.69, 9.17) is 9.47 Å². The molecule has 3 atom stereocenters. The lowest BCUT2D eigenvalue weighted by Crippen LogP contribution is -2.39. The summed E-state index contributed by atoms with van der Waals surface area (Å²) >= 11 is 0. The molecule has 2 aliphatic rings. The van der Waals surface area contributed by atoms with Crippen molar-refractivity contribution in [2.75, 3.05) is 13.7 Å². The van der Waals surface area contributed by atoms with Gasteiger partial charge in [-0.1, -0.05) is 42.5 Å². The first-order chi connectivity index (χ1) is 12.1. The van der Waals surface area contributed by atoms with Crippen LogP contribution in [0.4, 0.5) is 0 Å². The lowest BCUT2D eigenvalue weighted by atomic mass is 9.83. The van der Waals surface area contributed by atoms with Crippen LogP contribution in [0.5, 0.6) is 0 Å². The maximum absolute atomic E-state index is 11.8. The molecule has 1 aliphatic heterocycles. The first kappa shape index (κ1) is 18.1. The molecule has 1 unspecified atom stereocenters. The van der Waals surface area contributed by atoms with E-state index in [0.29, 0.717) is 13.2 Å². The van der Waals surface area contributed by atoms with Crippen molar-refractivity contribution in [1.29, 1.82) is 0 Å². The zero-order chi connectivity index (χ0) is 17.9. The number of hydrogen-bond acceptors (Lipinski definition) is 5. The zero-order valence-corrected chi connectivity index (χ0v) is 14.9. The van der Waals surface area contributed by atoms with Gasteiger partial charge in [-0.05, 0) is 25.3 Å². The topological polar surface area (TPSA) is 59.0 Å². The van der Waals surface area contributed by atoms with Crippen molar-refractivity contribution in [1.82, 2.24) is 5.06 Å². The van der Waals surface area contributed by atoms with Gasteiger partial charge >= 0.3 is 5.97 Å².